The van der Waals surface area contributed by atoms with Crippen LogP contribution in [0.4, 0.5) is 0 Å². The van der Waals surface area contributed by atoms with E-state index in [-0.39, 0.29) is 11.3 Å². The van der Waals surface area contributed by atoms with Crippen LogP contribution in [0.2, 0.25) is 5.02 Å². The van der Waals surface area contributed by atoms with E-state index in [4.69, 9.17) is 16.3 Å². The minimum absolute atomic E-state index is 0.0908. The molecular weight excluding hydrogens is 250 g/mol. The lowest BCUT2D eigenvalue weighted by molar-refractivity contribution is -0.130. The third kappa shape index (κ3) is 2.52. The fraction of sp³-hybridized carbons (Fsp3) is 0.500. The highest BCUT2D eigenvalue weighted by Gasteiger charge is 2.45. The first-order chi connectivity index (χ1) is 8.69. The zero-order chi connectivity index (χ0) is 13.0. The lowest BCUT2D eigenvalue weighted by Crippen LogP contribution is -2.49. The highest BCUT2D eigenvalue weighted by molar-refractivity contribution is 6.30. The molecule has 18 heavy (non-hydrogen) atoms. The lowest BCUT2D eigenvalue weighted by atomic mass is 9.64. The summed E-state index contributed by atoms with van der Waals surface area (Å²) in [5.74, 6) is 0.0908. The number of ether oxygens (including phenoxy) is 1. The number of benzene rings is 1. The Balaban J connectivity index is 2.13. The van der Waals surface area contributed by atoms with Crippen molar-refractivity contribution >= 4 is 17.5 Å². The number of nitrogens with one attached hydrogen (secondary N) is 1. The average Bonchev–Trinajstić information content (AvgIpc) is 2.28. The summed E-state index contributed by atoms with van der Waals surface area (Å²) in [7, 11) is 1.63. The van der Waals surface area contributed by atoms with Crippen LogP contribution < -0.4 is 5.32 Å². The Hall–Kier alpha value is -1.06. The van der Waals surface area contributed by atoms with Crippen molar-refractivity contribution < 1.29 is 9.53 Å². The van der Waals surface area contributed by atoms with Gasteiger partial charge in [0.05, 0.1) is 12.0 Å². The maximum atomic E-state index is 12.3. The van der Waals surface area contributed by atoms with Crippen molar-refractivity contribution in [1.82, 2.24) is 5.32 Å². The van der Waals surface area contributed by atoms with Gasteiger partial charge in [-0.1, -0.05) is 30.2 Å². The van der Waals surface area contributed by atoms with E-state index in [1.54, 1.807) is 7.11 Å². The van der Waals surface area contributed by atoms with Crippen LogP contribution in [0, 0.1) is 0 Å². The molecular formula is C14H18ClNO2. The third-order valence-electron chi connectivity index (χ3n) is 3.61. The van der Waals surface area contributed by atoms with Crippen molar-refractivity contribution in [2.75, 3.05) is 20.3 Å². The molecule has 0 aromatic heterocycles. The van der Waals surface area contributed by atoms with Crippen LogP contribution in [0.15, 0.2) is 24.3 Å². The number of carbonyl (C=O) groups is 1. The predicted octanol–water partition coefficient (Wildman–Crippen LogP) is 2.52. The van der Waals surface area contributed by atoms with E-state index >= 15 is 0 Å². The maximum Gasteiger partial charge on any atom is 0.230 e. The van der Waals surface area contributed by atoms with Gasteiger partial charge in [-0.25, -0.2) is 0 Å². The SMILES string of the molecule is COCCNC(=O)C1(c2cccc(Cl)c2)CCC1. The molecule has 1 saturated carbocycles. The molecule has 3 nitrogen and oxygen atoms in total. The third-order valence-corrected chi connectivity index (χ3v) is 3.85. The van der Waals surface area contributed by atoms with Crippen molar-refractivity contribution in [3.63, 3.8) is 0 Å². The molecule has 1 aromatic rings. The van der Waals surface area contributed by atoms with Crippen molar-refractivity contribution in [1.29, 1.82) is 0 Å². The molecule has 0 atom stereocenters. The van der Waals surface area contributed by atoms with Gasteiger partial charge in [0.1, 0.15) is 0 Å². The maximum absolute atomic E-state index is 12.3. The van der Waals surface area contributed by atoms with Crippen LogP contribution in [0.1, 0.15) is 24.8 Å². The highest BCUT2D eigenvalue weighted by Crippen LogP contribution is 2.44. The van der Waals surface area contributed by atoms with Crippen molar-refractivity contribution in [3.05, 3.63) is 34.9 Å². The first kappa shape index (κ1) is 13.4. The van der Waals surface area contributed by atoms with Crippen molar-refractivity contribution in [2.45, 2.75) is 24.7 Å². The molecule has 0 bridgehead atoms. The van der Waals surface area contributed by atoms with Gasteiger partial charge in [0, 0.05) is 18.7 Å². The molecule has 0 spiro atoms. The molecule has 0 radical (unpaired) electrons. The summed E-state index contributed by atoms with van der Waals surface area (Å²) in [5.41, 5.74) is 0.648. The fourth-order valence-corrected chi connectivity index (χ4v) is 2.59. The molecule has 2 rings (SSSR count). The van der Waals surface area contributed by atoms with E-state index in [0.29, 0.717) is 18.2 Å². The van der Waals surface area contributed by atoms with Gasteiger partial charge in [-0.3, -0.25) is 4.79 Å². The van der Waals surface area contributed by atoms with Gasteiger partial charge < -0.3 is 10.1 Å². The second-order valence-corrected chi connectivity index (χ2v) is 5.13. The Morgan fingerprint density at radius 2 is 2.28 bits per heavy atom. The van der Waals surface area contributed by atoms with Crippen molar-refractivity contribution in [3.8, 4) is 0 Å². The largest absolute Gasteiger partial charge is 0.383 e. The van der Waals surface area contributed by atoms with E-state index < -0.39 is 0 Å². The van der Waals surface area contributed by atoms with Crippen LogP contribution in [0.3, 0.4) is 0 Å². The van der Waals surface area contributed by atoms with E-state index in [9.17, 15) is 4.79 Å². The first-order valence-corrected chi connectivity index (χ1v) is 6.60. The van der Waals surface area contributed by atoms with E-state index in [1.807, 2.05) is 24.3 Å². The number of halogens is 1. The molecule has 4 heteroatoms. The average molecular weight is 268 g/mol. The summed E-state index contributed by atoms with van der Waals surface area (Å²) in [6.07, 6.45) is 2.88. The molecule has 1 aliphatic rings. The topological polar surface area (TPSA) is 38.3 Å². The van der Waals surface area contributed by atoms with Crippen molar-refractivity contribution in [2.24, 2.45) is 0 Å². The molecule has 1 fully saturated rings. The minimum Gasteiger partial charge on any atom is -0.383 e. The Morgan fingerprint density at radius 1 is 1.50 bits per heavy atom. The molecule has 0 aliphatic heterocycles. The Labute approximate surface area is 112 Å². The van der Waals surface area contributed by atoms with Crippen LogP contribution in [-0.2, 0) is 14.9 Å². The quantitative estimate of drug-likeness (QED) is 0.833. The zero-order valence-electron chi connectivity index (χ0n) is 10.5. The smallest absolute Gasteiger partial charge is 0.230 e. The fourth-order valence-electron chi connectivity index (χ4n) is 2.40. The summed E-state index contributed by atoms with van der Waals surface area (Å²) in [4.78, 5) is 12.3. The summed E-state index contributed by atoms with van der Waals surface area (Å²) < 4.78 is 4.95. The van der Waals surface area contributed by atoms with Crippen LogP contribution >= 0.6 is 11.6 Å². The minimum atomic E-state index is -0.376. The normalized spacial score (nSPS) is 17.0. The van der Waals surface area contributed by atoms with Gasteiger partial charge in [-0.2, -0.15) is 0 Å². The number of rotatable bonds is 5. The molecule has 1 aromatic carbocycles. The van der Waals surface area contributed by atoms with Gasteiger partial charge in [0.15, 0.2) is 0 Å². The standard InChI is InChI=1S/C14H18ClNO2/c1-18-9-8-16-13(17)14(6-3-7-14)11-4-2-5-12(15)10-11/h2,4-5,10H,3,6-9H2,1H3,(H,16,17). The van der Waals surface area contributed by atoms with Gasteiger partial charge in [0.2, 0.25) is 5.91 Å². The number of methoxy groups -OCH3 is 1. The zero-order valence-corrected chi connectivity index (χ0v) is 11.3. The molecule has 1 aliphatic carbocycles. The van der Waals surface area contributed by atoms with Gasteiger partial charge in [-0.05, 0) is 30.5 Å². The molecule has 98 valence electrons. The Bertz CT molecular complexity index is 430. The summed E-state index contributed by atoms with van der Waals surface area (Å²) >= 11 is 6.01. The number of hydrogen-bond acceptors (Lipinski definition) is 2. The number of amides is 1. The van der Waals surface area contributed by atoms with E-state index in [0.717, 1.165) is 24.8 Å². The summed E-state index contributed by atoms with van der Waals surface area (Å²) in [6, 6.07) is 7.62. The molecule has 1 N–H and O–H groups in total. The molecule has 0 saturated heterocycles. The molecule has 0 heterocycles. The molecule has 1 amide bonds. The Morgan fingerprint density at radius 3 is 2.83 bits per heavy atom. The molecule has 0 unspecified atom stereocenters. The highest BCUT2D eigenvalue weighted by atomic mass is 35.5. The van der Waals surface area contributed by atoms with Gasteiger partial charge >= 0.3 is 0 Å². The van der Waals surface area contributed by atoms with Gasteiger partial charge in [-0.15, -0.1) is 0 Å². The van der Waals surface area contributed by atoms with Crippen LogP contribution in [0.25, 0.3) is 0 Å². The monoisotopic (exact) mass is 267 g/mol. The second-order valence-electron chi connectivity index (χ2n) is 4.69. The predicted molar refractivity (Wildman–Crippen MR) is 71.9 cm³/mol. The van der Waals surface area contributed by atoms with E-state index in [1.165, 1.54) is 0 Å². The summed E-state index contributed by atoms with van der Waals surface area (Å²) in [5, 5.41) is 3.62. The summed E-state index contributed by atoms with van der Waals surface area (Å²) in [6.45, 7) is 1.09. The van der Waals surface area contributed by atoms with Crippen LogP contribution in [0.5, 0.6) is 0 Å². The number of carbonyl (C=O) groups excluding carboxylic acids is 1. The van der Waals surface area contributed by atoms with E-state index in [2.05, 4.69) is 5.32 Å². The van der Waals surface area contributed by atoms with Gasteiger partial charge in [0.25, 0.3) is 0 Å². The van der Waals surface area contributed by atoms with Crippen LogP contribution in [-0.4, -0.2) is 26.2 Å². The second kappa shape index (κ2) is 5.72. The lowest BCUT2D eigenvalue weighted by Gasteiger charge is -2.40. The first-order valence-electron chi connectivity index (χ1n) is 6.22. The Kier molecular flexibility index (Phi) is 4.25. The number of hydrogen-bond donors (Lipinski definition) is 1.